The second-order valence-electron chi connectivity index (χ2n) is 6.70. The first kappa shape index (κ1) is 21.1. The number of nitrogens with zero attached hydrogens (tertiary/aromatic N) is 3. The van der Waals surface area contributed by atoms with Crippen molar-refractivity contribution in [3.63, 3.8) is 0 Å². The molecule has 1 aromatic carbocycles. The van der Waals surface area contributed by atoms with Crippen LogP contribution in [0.15, 0.2) is 57.6 Å². The molecule has 0 bridgehead atoms. The molecule has 6 nitrogen and oxygen atoms in total. The second kappa shape index (κ2) is 8.42. The molecule has 0 aromatic heterocycles. The number of dihydropyridines is 1. The summed E-state index contributed by atoms with van der Waals surface area (Å²) in [5.74, 6) is -1.26. The van der Waals surface area contributed by atoms with Gasteiger partial charge in [-0.2, -0.15) is 0 Å². The van der Waals surface area contributed by atoms with Gasteiger partial charge < -0.3 is 14.9 Å². The second-order valence-corrected chi connectivity index (χ2v) is 7.53. The van der Waals surface area contributed by atoms with Crippen LogP contribution in [-0.4, -0.2) is 58.0 Å². The van der Waals surface area contributed by atoms with Crippen LogP contribution in [0, 0.1) is 11.2 Å². The van der Waals surface area contributed by atoms with Gasteiger partial charge in [-0.3, -0.25) is 10.2 Å². The zero-order valence-electron chi connectivity index (χ0n) is 15.7. The highest BCUT2D eigenvalue weighted by molar-refractivity contribution is 7.84. The molecule has 9 heteroatoms. The van der Waals surface area contributed by atoms with Gasteiger partial charge in [0.25, 0.3) is 0 Å². The molecule has 0 saturated carbocycles. The number of amides is 1. The molecule has 2 aliphatic heterocycles. The Kier molecular flexibility index (Phi) is 6.14. The molecule has 2 N–H and O–H groups in total. The maximum Gasteiger partial charge on any atom is 0.246 e. The number of phenolic OH excluding ortho intramolecular Hbond substituents is 1. The van der Waals surface area contributed by atoms with Crippen molar-refractivity contribution in [2.24, 2.45) is 4.99 Å². The number of hydrogen-bond donors (Lipinski definition) is 3. The topological polar surface area (TPSA) is 80.0 Å². The largest absolute Gasteiger partial charge is 0.507 e. The number of allylic oxidation sites excluding steroid dienone is 1. The Bertz CT molecular complexity index is 968. The van der Waals surface area contributed by atoms with Crippen molar-refractivity contribution in [2.45, 2.75) is 13.0 Å². The van der Waals surface area contributed by atoms with Gasteiger partial charge in [0.05, 0.1) is 21.3 Å². The van der Waals surface area contributed by atoms with Crippen LogP contribution in [0.1, 0.15) is 12.5 Å². The summed E-state index contributed by atoms with van der Waals surface area (Å²) >= 11 is 10.9. The monoisotopic (exact) mass is 434 g/mol. The lowest BCUT2D eigenvalue weighted by atomic mass is 10.0. The summed E-state index contributed by atoms with van der Waals surface area (Å²) in [4.78, 5) is 19.6. The molecular formula is C20H20ClFN4O2S. The van der Waals surface area contributed by atoms with Crippen molar-refractivity contribution in [3.05, 3.63) is 63.9 Å². The first-order valence-corrected chi connectivity index (χ1v) is 9.71. The average molecular weight is 435 g/mol. The minimum Gasteiger partial charge on any atom is -0.507 e. The van der Waals surface area contributed by atoms with E-state index in [4.69, 9.17) is 17.0 Å². The summed E-state index contributed by atoms with van der Waals surface area (Å²) in [6.45, 7) is 6.97. The summed E-state index contributed by atoms with van der Waals surface area (Å²) in [5.41, 5.74) is 0.225. The summed E-state index contributed by atoms with van der Waals surface area (Å²) < 4.78 is 14.2. The number of carbonyl (C=O) groups excluding carboxylic acids is 1. The minimum atomic E-state index is -0.682. The molecular weight excluding hydrogens is 415 g/mol. The van der Waals surface area contributed by atoms with E-state index in [9.17, 15) is 14.3 Å². The highest BCUT2D eigenvalue weighted by Crippen LogP contribution is 2.31. The number of carbonyl (C=O) groups is 1. The zero-order chi connectivity index (χ0) is 21.3. The van der Waals surface area contributed by atoms with Crippen LogP contribution in [-0.2, 0) is 4.79 Å². The number of phenols is 1. The van der Waals surface area contributed by atoms with Crippen LogP contribution < -0.4 is 0 Å². The number of piperazine rings is 1. The van der Waals surface area contributed by atoms with Gasteiger partial charge in [-0.05, 0) is 31.2 Å². The van der Waals surface area contributed by atoms with Crippen molar-refractivity contribution >= 4 is 41.7 Å². The Hall–Kier alpha value is -2.58. The van der Waals surface area contributed by atoms with Crippen LogP contribution >= 0.6 is 24.2 Å². The number of halogens is 2. The van der Waals surface area contributed by atoms with Crippen LogP contribution in [0.3, 0.4) is 0 Å². The van der Waals surface area contributed by atoms with Gasteiger partial charge in [0, 0.05) is 31.2 Å². The Morgan fingerprint density at radius 2 is 2.21 bits per heavy atom. The van der Waals surface area contributed by atoms with E-state index in [0.717, 1.165) is 0 Å². The summed E-state index contributed by atoms with van der Waals surface area (Å²) in [7, 11) is 0. The Morgan fingerprint density at radius 3 is 2.83 bits per heavy atom. The molecule has 2 heterocycles. The third-order valence-electron chi connectivity index (χ3n) is 4.83. The molecule has 1 saturated heterocycles. The first-order chi connectivity index (χ1) is 13.7. The number of hydrogen-bond acceptors (Lipinski definition) is 5. The van der Waals surface area contributed by atoms with Crippen molar-refractivity contribution in [3.8, 4) is 5.75 Å². The molecule has 0 radical (unpaired) electrons. The van der Waals surface area contributed by atoms with Gasteiger partial charge in [-0.25, -0.2) is 9.38 Å². The lowest BCUT2D eigenvalue weighted by Gasteiger charge is -2.41. The molecule has 0 spiro atoms. The predicted molar refractivity (Wildman–Crippen MR) is 115 cm³/mol. The van der Waals surface area contributed by atoms with E-state index < -0.39 is 5.82 Å². The highest BCUT2D eigenvalue weighted by Gasteiger charge is 2.30. The molecule has 1 aromatic rings. The molecule has 29 heavy (non-hydrogen) atoms. The molecule has 1 amide bonds. The van der Waals surface area contributed by atoms with E-state index in [2.05, 4.69) is 24.2 Å². The molecule has 1 fully saturated rings. The molecule has 1 atom stereocenters. The third-order valence-corrected chi connectivity index (χ3v) is 5.62. The SMILES string of the molecule is C=CC(=O)N1CCN(/C(S)=C2\C=C(Cl)C(c3c(O)cccc3F)=NC2=N)C(C)C1. The van der Waals surface area contributed by atoms with Gasteiger partial charge in [0.15, 0.2) is 5.84 Å². The fourth-order valence-electron chi connectivity index (χ4n) is 3.34. The van der Waals surface area contributed by atoms with Crippen molar-refractivity contribution in [1.82, 2.24) is 9.80 Å². The summed E-state index contributed by atoms with van der Waals surface area (Å²) in [6.07, 6.45) is 2.78. The minimum absolute atomic E-state index is 0.00778. The van der Waals surface area contributed by atoms with E-state index in [0.29, 0.717) is 30.2 Å². The van der Waals surface area contributed by atoms with Gasteiger partial charge in [0.1, 0.15) is 11.6 Å². The first-order valence-electron chi connectivity index (χ1n) is 8.88. The molecule has 2 aliphatic rings. The van der Waals surface area contributed by atoms with E-state index >= 15 is 0 Å². The molecule has 1 unspecified atom stereocenters. The van der Waals surface area contributed by atoms with Crippen molar-refractivity contribution < 1.29 is 14.3 Å². The highest BCUT2D eigenvalue weighted by atomic mass is 35.5. The Morgan fingerprint density at radius 1 is 1.48 bits per heavy atom. The lowest BCUT2D eigenvalue weighted by molar-refractivity contribution is -0.128. The average Bonchev–Trinajstić information content (AvgIpc) is 2.68. The normalized spacial score (nSPS) is 21.5. The number of rotatable bonds is 3. The van der Waals surface area contributed by atoms with Gasteiger partial charge >= 0.3 is 0 Å². The smallest absolute Gasteiger partial charge is 0.246 e. The van der Waals surface area contributed by atoms with E-state index in [-0.39, 0.29) is 39.8 Å². The van der Waals surface area contributed by atoms with E-state index in [1.54, 1.807) is 4.90 Å². The van der Waals surface area contributed by atoms with Crippen molar-refractivity contribution in [1.29, 1.82) is 5.41 Å². The lowest BCUT2D eigenvalue weighted by Crippen LogP contribution is -2.52. The van der Waals surface area contributed by atoms with Gasteiger partial charge in [0.2, 0.25) is 5.91 Å². The maximum atomic E-state index is 14.2. The molecule has 152 valence electrons. The standard InChI is InChI=1S/C20H20ClFN4O2S/c1-3-16(28)25-7-8-26(11(2)10-25)20(29)12-9-13(21)18(24-19(12)23)17-14(22)5-4-6-15(17)27/h3-6,9,11,23,27,29H,1,7-8,10H2,2H3/b20-12-,23-19?. The predicted octanol–water partition coefficient (Wildman–Crippen LogP) is 3.29. The fourth-order valence-corrected chi connectivity index (χ4v) is 4.05. The number of thiol groups is 1. The number of aliphatic imine (C=N–C) groups is 1. The Labute approximate surface area is 178 Å². The van der Waals surface area contributed by atoms with Crippen LogP contribution in [0.5, 0.6) is 5.75 Å². The summed E-state index contributed by atoms with van der Waals surface area (Å²) in [5, 5.41) is 18.9. The van der Waals surface area contributed by atoms with E-state index in [1.165, 1.54) is 30.4 Å². The number of aromatic hydroxyl groups is 1. The van der Waals surface area contributed by atoms with Crippen LogP contribution in [0.2, 0.25) is 0 Å². The van der Waals surface area contributed by atoms with E-state index in [1.807, 2.05) is 11.8 Å². The Balaban J connectivity index is 1.90. The fraction of sp³-hybridized carbons (Fsp3) is 0.250. The van der Waals surface area contributed by atoms with Crippen molar-refractivity contribution in [2.75, 3.05) is 19.6 Å². The number of benzene rings is 1. The number of nitrogens with one attached hydrogen (secondary N) is 1. The van der Waals surface area contributed by atoms with Crippen LogP contribution in [0.25, 0.3) is 0 Å². The van der Waals surface area contributed by atoms with Gasteiger partial charge in [-0.1, -0.05) is 24.2 Å². The maximum absolute atomic E-state index is 14.2. The summed E-state index contributed by atoms with van der Waals surface area (Å²) in [6, 6.07) is 3.84. The quantitative estimate of drug-likeness (QED) is 0.504. The zero-order valence-corrected chi connectivity index (χ0v) is 17.3. The van der Waals surface area contributed by atoms with Crippen LogP contribution in [0.4, 0.5) is 4.39 Å². The molecule has 3 rings (SSSR count). The molecule has 0 aliphatic carbocycles. The number of amidine groups is 1. The third kappa shape index (κ3) is 4.09. The van der Waals surface area contributed by atoms with Gasteiger partial charge in [-0.15, -0.1) is 12.6 Å².